The van der Waals surface area contributed by atoms with Crippen molar-refractivity contribution < 1.29 is 0 Å². The maximum Gasteiger partial charge on any atom is 0.122 e. The van der Waals surface area contributed by atoms with Crippen molar-refractivity contribution in [2.24, 2.45) is 57.2 Å². The van der Waals surface area contributed by atoms with Crippen molar-refractivity contribution in [3.63, 3.8) is 0 Å². The molecule has 6 aliphatic carbocycles. The Morgan fingerprint density at radius 1 is 0.519 bits per heavy atom. The highest BCUT2D eigenvalue weighted by atomic mass is 28.3. The first-order valence-corrected chi connectivity index (χ1v) is 23.3. The van der Waals surface area contributed by atoms with Crippen molar-refractivity contribution in [2.75, 3.05) is 0 Å². The Kier molecular flexibility index (Phi) is 8.92. The van der Waals surface area contributed by atoms with Crippen molar-refractivity contribution in [3.05, 3.63) is 132 Å². The molecule has 0 bridgehead atoms. The summed E-state index contributed by atoms with van der Waals surface area (Å²) in [7, 11) is -2.36. The van der Waals surface area contributed by atoms with E-state index in [1.54, 1.807) is 32.7 Å². The van der Waals surface area contributed by atoms with Crippen LogP contribution in [0.15, 0.2) is 132 Å². The highest BCUT2D eigenvalue weighted by Crippen LogP contribution is 2.60. The number of rotatable bonds is 6. The minimum Gasteiger partial charge on any atom is -0.0808 e. The van der Waals surface area contributed by atoms with Crippen LogP contribution in [0.2, 0.25) is 11.6 Å². The van der Waals surface area contributed by atoms with Gasteiger partial charge < -0.3 is 0 Å². The van der Waals surface area contributed by atoms with Gasteiger partial charge in [0, 0.05) is 0 Å². The Labute approximate surface area is 318 Å². The van der Waals surface area contributed by atoms with Gasteiger partial charge in [-0.25, -0.2) is 0 Å². The number of fused-ring (bicyclic) bond motifs is 3. The maximum absolute atomic E-state index is 2.91. The summed E-state index contributed by atoms with van der Waals surface area (Å²) in [5.41, 5.74) is 8.19. The van der Waals surface area contributed by atoms with Gasteiger partial charge in [0.15, 0.2) is 0 Å². The molecule has 0 nitrogen and oxygen atoms in total. The smallest absolute Gasteiger partial charge is 0.0808 e. The fourth-order valence-electron chi connectivity index (χ4n) is 12.3. The van der Waals surface area contributed by atoms with Crippen molar-refractivity contribution >= 4 is 18.4 Å². The molecule has 0 aliphatic heterocycles. The number of benzene rings is 2. The maximum atomic E-state index is 2.91. The van der Waals surface area contributed by atoms with Crippen molar-refractivity contribution in [2.45, 2.75) is 112 Å². The molecule has 0 radical (unpaired) electrons. The van der Waals surface area contributed by atoms with E-state index in [0.717, 1.165) is 0 Å². The van der Waals surface area contributed by atoms with E-state index in [0.29, 0.717) is 41.0 Å². The van der Waals surface area contributed by atoms with Crippen molar-refractivity contribution in [3.8, 4) is 0 Å². The van der Waals surface area contributed by atoms with Gasteiger partial charge >= 0.3 is 0 Å². The molecule has 0 aromatic heterocycles. The van der Waals surface area contributed by atoms with Gasteiger partial charge in [-0.15, -0.1) is 0 Å². The van der Waals surface area contributed by atoms with Crippen LogP contribution in [0.5, 0.6) is 0 Å². The molecule has 0 N–H and O–H groups in total. The third-order valence-corrected chi connectivity index (χ3v) is 21.4. The van der Waals surface area contributed by atoms with E-state index in [-0.39, 0.29) is 21.7 Å². The summed E-state index contributed by atoms with van der Waals surface area (Å²) in [6, 6.07) is 25.3. The van der Waals surface area contributed by atoms with Gasteiger partial charge in [-0.1, -0.05) is 188 Å². The van der Waals surface area contributed by atoms with Gasteiger partial charge in [-0.2, -0.15) is 0 Å². The van der Waals surface area contributed by atoms with Crippen LogP contribution in [-0.4, -0.2) is 8.07 Å². The van der Waals surface area contributed by atoms with E-state index in [1.165, 1.54) is 44.6 Å². The predicted octanol–water partition coefficient (Wildman–Crippen LogP) is 12.7. The van der Waals surface area contributed by atoms with Crippen LogP contribution >= 0.6 is 0 Å². The van der Waals surface area contributed by atoms with Crippen molar-refractivity contribution in [1.29, 1.82) is 0 Å². The molecule has 0 saturated heterocycles. The highest BCUT2D eigenvalue weighted by Gasteiger charge is 2.55. The van der Waals surface area contributed by atoms with Gasteiger partial charge in [0.2, 0.25) is 0 Å². The van der Waals surface area contributed by atoms with Gasteiger partial charge in [0.05, 0.1) is 0 Å². The van der Waals surface area contributed by atoms with Crippen LogP contribution in [0, 0.1) is 57.2 Å². The zero-order valence-electron chi connectivity index (χ0n) is 33.9. The summed E-state index contributed by atoms with van der Waals surface area (Å²) in [4.78, 5) is 0. The molecule has 7 unspecified atom stereocenters. The summed E-state index contributed by atoms with van der Waals surface area (Å²) < 4.78 is 0. The SMILES string of the molecule is CC1C=C2C(=CC1C1C=C3C(=CC1C[Si](c1ccccc1)(c1ccccc1)C1CCC4C=CC=CC41)C(C)(C)CCC3(C)C)C(C)(C)CCC2(C)C. The minimum absolute atomic E-state index is 0.197. The van der Waals surface area contributed by atoms with E-state index < -0.39 is 8.07 Å². The summed E-state index contributed by atoms with van der Waals surface area (Å²) in [6.45, 7) is 22.8. The molecular weight excluding hydrogens is 641 g/mol. The average molecular weight is 707 g/mol. The Morgan fingerprint density at radius 3 is 1.52 bits per heavy atom. The Morgan fingerprint density at radius 2 is 0.981 bits per heavy atom. The van der Waals surface area contributed by atoms with Gasteiger partial charge in [-0.3, -0.25) is 0 Å². The number of allylic oxidation sites excluding steroid dienone is 12. The Hall–Kier alpha value is -2.90. The molecule has 3 fully saturated rings. The van der Waals surface area contributed by atoms with Gasteiger partial charge in [0.25, 0.3) is 0 Å². The second kappa shape index (κ2) is 12.9. The molecule has 0 spiro atoms. The molecule has 2 aromatic rings. The van der Waals surface area contributed by atoms with Gasteiger partial charge in [0.1, 0.15) is 8.07 Å². The lowest BCUT2D eigenvalue weighted by molar-refractivity contribution is 0.226. The standard InChI is InChI=1S/C51H66Si/c1-35-30-43-45(50(6,7)28-26-48(43,2)3)32-41(35)42-33-46-44(49(4,5)27-29-51(46,8)9)31-37(42)34-52(38-19-12-10-13-20-38,39-21-14-11-15-22-39)47-25-24-36-18-16-17-23-40(36)47/h10-23,30-33,35-37,40-42,47H,24-29,34H2,1-9H3. The molecule has 52 heavy (non-hydrogen) atoms. The molecule has 6 aliphatic rings. The first-order chi connectivity index (χ1) is 24.6. The molecule has 274 valence electrons. The first kappa shape index (κ1) is 36.1. The van der Waals surface area contributed by atoms with Crippen LogP contribution in [0.25, 0.3) is 0 Å². The molecular formula is C51H66Si. The predicted molar refractivity (Wildman–Crippen MR) is 227 cm³/mol. The summed E-state index contributed by atoms with van der Waals surface area (Å²) >= 11 is 0. The van der Waals surface area contributed by atoms with Crippen LogP contribution in [0.1, 0.15) is 101 Å². The Bertz CT molecular complexity index is 1810. The van der Waals surface area contributed by atoms with E-state index in [1.807, 2.05) is 0 Å². The molecule has 2 aromatic carbocycles. The second-order valence-electron chi connectivity index (χ2n) is 20.6. The summed E-state index contributed by atoms with van der Waals surface area (Å²) in [5.74, 6) is 3.26. The molecule has 3 saturated carbocycles. The van der Waals surface area contributed by atoms with Crippen LogP contribution in [0.4, 0.5) is 0 Å². The lowest BCUT2D eigenvalue weighted by Gasteiger charge is -2.52. The summed E-state index contributed by atoms with van der Waals surface area (Å²) in [5, 5.41) is 3.30. The van der Waals surface area contributed by atoms with Crippen LogP contribution < -0.4 is 10.4 Å². The topological polar surface area (TPSA) is 0 Å². The fourth-order valence-corrected chi connectivity index (χ4v) is 18.6. The zero-order chi connectivity index (χ0) is 36.7. The van der Waals surface area contributed by atoms with Crippen LogP contribution in [-0.2, 0) is 0 Å². The third-order valence-electron chi connectivity index (χ3n) is 15.7. The monoisotopic (exact) mass is 706 g/mol. The van der Waals surface area contributed by atoms with Gasteiger partial charge in [-0.05, 0) is 123 Å². The molecule has 8 rings (SSSR count). The third kappa shape index (κ3) is 5.91. The lowest BCUT2D eigenvalue weighted by Crippen LogP contribution is -2.63. The first-order valence-electron chi connectivity index (χ1n) is 21.0. The largest absolute Gasteiger partial charge is 0.122 e. The summed E-state index contributed by atoms with van der Waals surface area (Å²) in [6.07, 6.45) is 29.0. The normalized spacial score (nSPS) is 33.8. The number of hydrogen-bond donors (Lipinski definition) is 0. The lowest BCUT2D eigenvalue weighted by atomic mass is 9.54. The Balaban J connectivity index is 1.34. The fraction of sp³-hybridized carbons (Fsp3) is 0.529. The minimum atomic E-state index is -2.36. The second-order valence-corrected chi connectivity index (χ2v) is 24.9. The van der Waals surface area contributed by atoms with Crippen molar-refractivity contribution in [1.82, 2.24) is 0 Å². The highest BCUT2D eigenvalue weighted by molar-refractivity contribution is 7.03. The quantitative estimate of drug-likeness (QED) is 0.262. The van der Waals surface area contributed by atoms with E-state index in [9.17, 15) is 0 Å². The molecule has 0 amide bonds. The molecule has 7 atom stereocenters. The van der Waals surface area contributed by atoms with E-state index in [2.05, 4.69) is 172 Å². The van der Waals surface area contributed by atoms with E-state index >= 15 is 0 Å². The molecule has 0 heterocycles. The number of hydrogen-bond acceptors (Lipinski definition) is 0. The molecule has 1 heteroatoms. The zero-order valence-corrected chi connectivity index (χ0v) is 34.9. The van der Waals surface area contributed by atoms with Crippen LogP contribution in [0.3, 0.4) is 0 Å². The van der Waals surface area contributed by atoms with E-state index in [4.69, 9.17) is 0 Å². The average Bonchev–Trinajstić information content (AvgIpc) is 3.56.